The summed E-state index contributed by atoms with van der Waals surface area (Å²) in [7, 11) is 0. The van der Waals surface area contributed by atoms with E-state index in [1.165, 1.54) is 0 Å². The second-order valence-corrected chi connectivity index (χ2v) is 5.44. The molecule has 2 aliphatic rings. The van der Waals surface area contributed by atoms with Gasteiger partial charge in [-0.2, -0.15) is 0 Å². The fourth-order valence-corrected chi connectivity index (χ4v) is 1.54. The first-order chi connectivity index (χ1) is 7.36. The standard InChI is InChI=1S/C12H18N2O2/c1-11(2)7-15-9(13-11)5-6-10-14-12(3,4)8-16-10/h5-6H,7-8H2,1-4H3. The molecule has 88 valence electrons. The SMILES string of the molecule is CC1(C)COC(C=CC2=NC(C)(C)CO2)=N1. The molecule has 0 N–H and O–H groups in total. The molecule has 0 saturated heterocycles. The van der Waals surface area contributed by atoms with Crippen molar-refractivity contribution in [2.75, 3.05) is 13.2 Å². The molecule has 16 heavy (non-hydrogen) atoms. The van der Waals surface area contributed by atoms with Gasteiger partial charge in [0.25, 0.3) is 0 Å². The Kier molecular flexibility index (Phi) is 2.52. The van der Waals surface area contributed by atoms with Gasteiger partial charge in [-0.1, -0.05) is 0 Å². The molecular formula is C12H18N2O2. The maximum Gasteiger partial charge on any atom is 0.209 e. The predicted octanol–water partition coefficient (Wildman–Crippen LogP) is 1.96. The summed E-state index contributed by atoms with van der Waals surface area (Å²) in [6, 6.07) is 0. The van der Waals surface area contributed by atoms with Gasteiger partial charge in [0, 0.05) is 12.2 Å². The van der Waals surface area contributed by atoms with E-state index in [1.807, 2.05) is 39.8 Å². The van der Waals surface area contributed by atoms with E-state index >= 15 is 0 Å². The maximum absolute atomic E-state index is 5.43. The van der Waals surface area contributed by atoms with Crippen LogP contribution in [0.5, 0.6) is 0 Å². The quantitative estimate of drug-likeness (QED) is 0.716. The van der Waals surface area contributed by atoms with E-state index in [9.17, 15) is 0 Å². The molecule has 4 heteroatoms. The lowest BCUT2D eigenvalue weighted by Crippen LogP contribution is -2.17. The van der Waals surface area contributed by atoms with Crippen LogP contribution in [0.3, 0.4) is 0 Å². The summed E-state index contributed by atoms with van der Waals surface area (Å²) in [5, 5.41) is 0. The average Bonchev–Trinajstić information content (AvgIpc) is 2.66. The molecule has 0 aromatic rings. The topological polar surface area (TPSA) is 43.2 Å². The van der Waals surface area contributed by atoms with Crippen molar-refractivity contribution >= 4 is 11.8 Å². The number of rotatable bonds is 2. The minimum atomic E-state index is -0.114. The molecule has 0 bridgehead atoms. The largest absolute Gasteiger partial charge is 0.475 e. The molecule has 0 fully saturated rings. The Bertz CT molecular complexity index is 342. The summed E-state index contributed by atoms with van der Waals surface area (Å²) in [5.41, 5.74) is -0.228. The highest BCUT2D eigenvalue weighted by atomic mass is 16.5. The zero-order valence-corrected chi connectivity index (χ0v) is 10.3. The second-order valence-electron chi connectivity index (χ2n) is 5.44. The van der Waals surface area contributed by atoms with Crippen LogP contribution in [0.2, 0.25) is 0 Å². The molecule has 0 spiro atoms. The Balaban J connectivity index is 2.02. The van der Waals surface area contributed by atoms with Gasteiger partial charge in [-0.25, -0.2) is 9.98 Å². The van der Waals surface area contributed by atoms with Gasteiger partial charge in [0.1, 0.15) is 13.2 Å². The fourth-order valence-electron chi connectivity index (χ4n) is 1.54. The molecule has 0 aromatic carbocycles. The van der Waals surface area contributed by atoms with Crippen LogP contribution in [0, 0.1) is 0 Å². The Morgan fingerprint density at radius 2 is 1.25 bits per heavy atom. The average molecular weight is 222 g/mol. The lowest BCUT2D eigenvalue weighted by molar-refractivity contribution is 0.278. The normalized spacial score (nSPS) is 26.2. The lowest BCUT2D eigenvalue weighted by atomic mass is 10.1. The minimum absolute atomic E-state index is 0.114. The van der Waals surface area contributed by atoms with Crippen molar-refractivity contribution in [3.8, 4) is 0 Å². The lowest BCUT2D eigenvalue weighted by Gasteiger charge is -2.07. The van der Waals surface area contributed by atoms with Gasteiger partial charge in [0.15, 0.2) is 0 Å². The molecule has 0 saturated carbocycles. The summed E-state index contributed by atoms with van der Waals surface area (Å²) < 4.78 is 10.9. The smallest absolute Gasteiger partial charge is 0.209 e. The third-order valence-electron chi connectivity index (χ3n) is 2.34. The Hall–Kier alpha value is -1.32. The van der Waals surface area contributed by atoms with Crippen LogP contribution in [0.15, 0.2) is 22.1 Å². The second kappa shape index (κ2) is 3.61. The highest BCUT2D eigenvalue weighted by Gasteiger charge is 2.26. The zero-order chi connectivity index (χ0) is 11.8. The van der Waals surface area contributed by atoms with E-state index in [-0.39, 0.29) is 11.1 Å². The van der Waals surface area contributed by atoms with Crippen LogP contribution in [0.1, 0.15) is 27.7 Å². The van der Waals surface area contributed by atoms with Crippen LogP contribution in [-0.2, 0) is 9.47 Å². The molecule has 0 aliphatic carbocycles. The third kappa shape index (κ3) is 2.62. The van der Waals surface area contributed by atoms with Crippen LogP contribution < -0.4 is 0 Å². The summed E-state index contributed by atoms with van der Waals surface area (Å²) in [5.74, 6) is 1.31. The molecular weight excluding hydrogens is 204 g/mol. The van der Waals surface area contributed by atoms with E-state index in [0.717, 1.165) is 0 Å². The monoisotopic (exact) mass is 222 g/mol. The van der Waals surface area contributed by atoms with Gasteiger partial charge in [-0.05, 0) is 27.7 Å². The fraction of sp³-hybridized carbons (Fsp3) is 0.667. The van der Waals surface area contributed by atoms with Gasteiger partial charge in [-0.15, -0.1) is 0 Å². The molecule has 4 nitrogen and oxygen atoms in total. The molecule has 2 aliphatic heterocycles. The van der Waals surface area contributed by atoms with Crippen molar-refractivity contribution in [2.45, 2.75) is 38.8 Å². The van der Waals surface area contributed by atoms with Crippen LogP contribution in [0.25, 0.3) is 0 Å². The zero-order valence-electron chi connectivity index (χ0n) is 10.3. The maximum atomic E-state index is 5.43. The molecule has 2 heterocycles. The van der Waals surface area contributed by atoms with E-state index in [0.29, 0.717) is 25.0 Å². The number of hydrogen-bond donors (Lipinski definition) is 0. The van der Waals surface area contributed by atoms with E-state index in [2.05, 4.69) is 9.98 Å². The highest BCUT2D eigenvalue weighted by molar-refractivity contribution is 5.98. The molecule has 2 rings (SSSR count). The molecule has 0 amide bonds. The molecule has 0 unspecified atom stereocenters. The van der Waals surface area contributed by atoms with Crippen LogP contribution >= 0.6 is 0 Å². The first-order valence-corrected chi connectivity index (χ1v) is 5.50. The number of aliphatic imine (C=N–C) groups is 2. The molecule has 0 radical (unpaired) electrons. The van der Waals surface area contributed by atoms with Crippen molar-refractivity contribution < 1.29 is 9.47 Å². The summed E-state index contributed by atoms with van der Waals surface area (Å²) in [6.07, 6.45) is 3.63. The predicted molar refractivity (Wildman–Crippen MR) is 64.1 cm³/mol. The van der Waals surface area contributed by atoms with E-state index in [4.69, 9.17) is 9.47 Å². The minimum Gasteiger partial charge on any atom is -0.475 e. The van der Waals surface area contributed by atoms with Crippen molar-refractivity contribution in [3.05, 3.63) is 12.2 Å². The number of nitrogens with zero attached hydrogens (tertiary/aromatic N) is 2. The summed E-state index contributed by atoms with van der Waals surface area (Å²) >= 11 is 0. The highest BCUT2D eigenvalue weighted by Crippen LogP contribution is 2.19. The van der Waals surface area contributed by atoms with Crippen molar-refractivity contribution in [1.82, 2.24) is 0 Å². The van der Waals surface area contributed by atoms with Gasteiger partial charge >= 0.3 is 0 Å². The van der Waals surface area contributed by atoms with Crippen molar-refractivity contribution in [2.24, 2.45) is 9.98 Å². The van der Waals surface area contributed by atoms with Gasteiger partial charge in [0.05, 0.1) is 11.1 Å². The molecule has 0 aromatic heterocycles. The molecule has 0 atom stereocenters. The van der Waals surface area contributed by atoms with E-state index in [1.54, 1.807) is 0 Å². The number of hydrogen-bond acceptors (Lipinski definition) is 4. The summed E-state index contributed by atoms with van der Waals surface area (Å²) in [6.45, 7) is 9.43. The van der Waals surface area contributed by atoms with Crippen LogP contribution in [0.4, 0.5) is 0 Å². The number of ether oxygens (including phenoxy) is 2. The first kappa shape index (κ1) is 11.2. The summed E-state index contributed by atoms with van der Waals surface area (Å²) in [4.78, 5) is 8.83. The van der Waals surface area contributed by atoms with Gasteiger partial charge in [-0.3, -0.25) is 0 Å². The third-order valence-corrected chi connectivity index (χ3v) is 2.34. The van der Waals surface area contributed by atoms with Crippen molar-refractivity contribution in [1.29, 1.82) is 0 Å². The van der Waals surface area contributed by atoms with E-state index < -0.39 is 0 Å². The van der Waals surface area contributed by atoms with Gasteiger partial charge < -0.3 is 9.47 Å². The Morgan fingerprint density at radius 1 is 0.875 bits per heavy atom. The Labute approximate surface area is 96.1 Å². The Morgan fingerprint density at radius 3 is 1.50 bits per heavy atom. The van der Waals surface area contributed by atoms with Crippen molar-refractivity contribution in [3.63, 3.8) is 0 Å². The van der Waals surface area contributed by atoms with Crippen LogP contribution in [-0.4, -0.2) is 36.1 Å². The first-order valence-electron chi connectivity index (χ1n) is 5.50. The van der Waals surface area contributed by atoms with Gasteiger partial charge in [0.2, 0.25) is 11.8 Å².